The lowest BCUT2D eigenvalue weighted by atomic mass is 9.93. The highest BCUT2D eigenvalue weighted by molar-refractivity contribution is 6.39. The highest BCUT2D eigenvalue weighted by Crippen LogP contribution is 2.14. The van der Waals surface area contributed by atoms with Crippen LogP contribution in [0.4, 0.5) is 0 Å². The van der Waals surface area contributed by atoms with Crippen molar-refractivity contribution in [3.05, 3.63) is 0 Å². The highest BCUT2D eigenvalue weighted by atomic mass is 16.2. The van der Waals surface area contributed by atoms with Gasteiger partial charge in [0, 0.05) is 26.4 Å². The van der Waals surface area contributed by atoms with Crippen LogP contribution in [0.2, 0.25) is 0 Å². The zero-order chi connectivity index (χ0) is 13.1. The van der Waals surface area contributed by atoms with Crippen LogP contribution in [-0.4, -0.2) is 42.6 Å². The summed E-state index contributed by atoms with van der Waals surface area (Å²) in [6.45, 7) is 5.08. The molecule has 0 aromatic rings. The minimum atomic E-state index is -0.147. The smallest absolute Gasteiger partial charge is 0.269 e. The number of nitrogens with one attached hydrogen (secondary N) is 1. The second-order valence-electron chi connectivity index (χ2n) is 5.12. The van der Waals surface area contributed by atoms with Crippen molar-refractivity contribution in [1.82, 2.24) is 10.3 Å². The van der Waals surface area contributed by atoms with Gasteiger partial charge >= 0.3 is 0 Å². The summed E-state index contributed by atoms with van der Waals surface area (Å²) < 4.78 is 0. The monoisotopic (exact) mass is 240 g/mol. The third-order valence-corrected chi connectivity index (χ3v) is 2.72. The predicted octanol–water partition coefficient (Wildman–Crippen LogP) is -0.304. The molecule has 0 saturated carbocycles. The van der Waals surface area contributed by atoms with E-state index in [1.54, 1.807) is 11.9 Å². The van der Waals surface area contributed by atoms with Gasteiger partial charge in [-0.25, -0.2) is 5.43 Å². The van der Waals surface area contributed by atoms with E-state index in [9.17, 15) is 9.59 Å². The molecule has 6 nitrogen and oxygen atoms in total. The second-order valence-corrected chi connectivity index (χ2v) is 5.12. The Morgan fingerprint density at radius 2 is 2.18 bits per heavy atom. The Morgan fingerprint density at radius 3 is 2.65 bits per heavy atom. The van der Waals surface area contributed by atoms with Gasteiger partial charge in [0.1, 0.15) is 5.71 Å². The van der Waals surface area contributed by atoms with E-state index in [1.165, 1.54) is 0 Å². The third kappa shape index (κ3) is 3.81. The molecule has 0 atom stereocenters. The van der Waals surface area contributed by atoms with Crippen molar-refractivity contribution in [2.45, 2.75) is 26.7 Å². The number of carbonyl (C=O) groups is 2. The lowest BCUT2D eigenvalue weighted by molar-refractivity contribution is -0.124. The van der Waals surface area contributed by atoms with Gasteiger partial charge < -0.3 is 10.6 Å². The average Bonchev–Trinajstić information content (AvgIpc) is 2.28. The topological polar surface area (TPSA) is 87.8 Å². The van der Waals surface area contributed by atoms with Crippen molar-refractivity contribution in [2.75, 3.05) is 20.1 Å². The van der Waals surface area contributed by atoms with Gasteiger partial charge in [0.2, 0.25) is 5.91 Å². The van der Waals surface area contributed by atoms with Crippen molar-refractivity contribution in [3.8, 4) is 0 Å². The summed E-state index contributed by atoms with van der Waals surface area (Å²) in [5.41, 5.74) is 8.23. The summed E-state index contributed by atoms with van der Waals surface area (Å²) in [5, 5.41) is 3.78. The van der Waals surface area contributed by atoms with Crippen molar-refractivity contribution in [1.29, 1.82) is 0 Å². The fraction of sp³-hybridized carbons (Fsp3) is 0.727. The number of nitrogens with two attached hydrogens (primary N) is 1. The van der Waals surface area contributed by atoms with Gasteiger partial charge in [-0.2, -0.15) is 5.10 Å². The standard InChI is InChI=1S/C11H20N4O2/c1-11(2,6-12)7-15(3)10(17)8-4-5-9(16)14-13-8/h4-7,12H2,1-3H3,(H,14,16). The molecule has 0 aromatic carbocycles. The number of carbonyl (C=O) groups excluding carboxylic acids is 2. The number of rotatable bonds is 4. The van der Waals surface area contributed by atoms with E-state index < -0.39 is 0 Å². The normalized spacial score (nSPS) is 16.2. The van der Waals surface area contributed by atoms with Crippen molar-refractivity contribution in [2.24, 2.45) is 16.3 Å². The van der Waals surface area contributed by atoms with Crippen LogP contribution in [-0.2, 0) is 9.59 Å². The van der Waals surface area contributed by atoms with E-state index in [2.05, 4.69) is 10.5 Å². The number of amides is 2. The van der Waals surface area contributed by atoms with E-state index in [1.807, 2.05) is 13.8 Å². The van der Waals surface area contributed by atoms with Crippen LogP contribution in [0.3, 0.4) is 0 Å². The second kappa shape index (κ2) is 5.27. The fourth-order valence-corrected chi connectivity index (χ4v) is 1.63. The van der Waals surface area contributed by atoms with Crippen LogP contribution in [0.25, 0.3) is 0 Å². The SMILES string of the molecule is CN(CC(C)(C)CN)C(=O)C1=NNC(=O)CC1. The van der Waals surface area contributed by atoms with E-state index in [-0.39, 0.29) is 17.2 Å². The molecule has 2 amide bonds. The summed E-state index contributed by atoms with van der Waals surface area (Å²) in [7, 11) is 1.72. The minimum absolute atomic E-state index is 0.122. The Labute approximate surface area is 101 Å². The van der Waals surface area contributed by atoms with Gasteiger partial charge in [-0.15, -0.1) is 0 Å². The van der Waals surface area contributed by atoms with Gasteiger partial charge in [0.25, 0.3) is 5.91 Å². The molecule has 1 aliphatic heterocycles. The molecule has 0 unspecified atom stereocenters. The van der Waals surface area contributed by atoms with Gasteiger partial charge in [0.05, 0.1) is 0 Å². The number of hydrogen-bond donors (Lipinski definition) is 2. The maximum absolute atomic E-state index is 12.0. The molecule has 0 radical (unpaired) electrons. The van der Waals surface area contributed by atoms with Gasteiger partial charge in [-0.3, -0.25) is 9.59 Å². The highest BCUT2D eigenvalue weighted by Gasteiger charge is 2.25. The molecule has 0 aromatic heterocycles. The molecule has 0 saturated heterocycles. The fourth-order valence-electron chi connectivity index (χ4n) is 1.63. The van der Waals surface area contributed by atoms with E-state index in [0.717, 1.165) is 0 Å². The molecule has 96 valence electrons. The lowest BCUT2D eigenvalue weighted by Gasteiger charge is -2.29. The average molecular weight is 240 g/mol. The molecule has 1 aliphatic rings. The maximum Gasteiger partial charge on any atom is 0.269 e. The van der Waals surface area contributed by atoms with Crippen LogP contribution in [0.1, 0.15) is 26.7 Å². The van der Waals surface area contributed by atoms with Gasteiger partial charge in [-0.1, -0.05) is 13.8 Å². The molecule has 0 bridgehead atoms. The third-order valence-electron chi connectivity index (χ3n) is 2.72. The zero-order valence-corrected chi connectivity index (χ0v) is 10.6. The molecular formula is C11H20N4O2. The molecule has 0 fully saturated rings. The first-order valence-electron chi connectivity index (χ1n) is 5.66. The minimum Gasteiger partial charge on any atom is -0.340 e. The largest absolute Gasteiger partial charge is 0.340 e. The van der Waals surface area contributed by atoms with Crippen molar-refractivity contribution in [3.63, 3.8) is 0 Å². The molecule has 1 heterocycles. The first-order chi connectivity index (χ1) is 7.85. The van der Waals surface area contributed by atoms with Crippen molar-refractivity contribution < 1.29 is 9.59 Å². The van der Waals surface area contributed by atoms with Gasteiger partial charge in [0.15, 0.2) is 0 Å². The Kier molecular flexibility index (Phi) is 4.22. The molecule has 1 rings (SSSR count). The first-order valence-corrected chi connectivity index (χ1v) is 5.66. The summed E-state index contributed by atoms with van der Waals surface area (Å²) in [5.74, 6) is -0.294. The van der Waals surface area contributed by atoms with Crippen LogP contribution in [0.5, 0.6) is 0 Å². The Morgan fingerprint density at radius 1 is 1.53 bits per heavy atom. The lowest BCUT2D eigenvalue weighted by Crippen LogP contribution is -2.44. The van der Waals surface area contributed by atoms with E-state index in [0.29, 0.717) is 31.6 Å². The molecule has 0 aliphatic carbocycles. The van der Waals surface area contributed by atoms with E-state index in [4.69, 9.17) is 5.73 Å². The quantitative estimate of drug-likeness (QED) is 0.707. The zero-order valence-electron chi connectivity index (χ0n) is 10.6. The maximum atomic E-state index is 12.0. The molecular weight excluding hydrogens is 220 g/mol. The Bertz CT molecular complexity index is 349. The van der Waals surface area contributed by atoms with Gasteiger partial charge in [-0.05, 0) is 12.0 Å². The summed E-state index contributed by atoms with van der Waals surface area (Å²) in [6.07, 6.45) is 0.719. The first kappa shape index (κ1) is 13.6. The number of nitrogens with zero attached hydrogens (tertiary/aromatic N) is 2. The van der Waals surface area contributed by atoms with Crippen LogP contribution in [0.15, 0.2) is 5.10 Å². The Hall–Kier alpha value is -1.43. The van der Waals surface area contributed by atoms with Crippen LogP contribution < -0.4 is 11.2 Å². The number of hydrogen-bond acceptors (Lipinski definition) is 4. The summed E-state index contributed by atoms with van der Waals surface area (Å²) >= 11 is 0. The van der Waals surface area contributed by atoms with Crippen LogP contribution >= 0.6 is 0 Å². The van der Waals surface area contributed by atoms with E-state index >= 15 is 0 Å². The molecule has 6 heteroatoms. The summed E-state index contributed by atoms with van der Waals surface area (Å²) in [6, 6.07) is 0. The van der Waals surface area contributed by atoms with Crippen LogP contribution in [0, 0.1) is 5.41 Å². The predicted molar refractivity (Wildman–Crippen MR) is 65.3 cm³/mol. The molecule has 0 spiro atoms. The summed E-state index contributed by atoms with van der Waals surface area (Å²) in [4.78, 5) is 24.5. The molecule has 17 heavy (non-hydrogen) atoms. The number of hydrazone groups is 1. The molecule has 3 N–H and O–H groups in total. The van der Waals surface area contributed by atoms with Crippen molar-refractivity contribution >= 4 is 17.5 Å². The Balaban J connectivity index is 2.61.